The van der Waals surface area contributed by atoms with Crippen LogP contribution in [0, 0.1) is 0 Å². The third-order valence-electron chi connectivity index (χ3n) is 5.40. The number of Topliss-reactive ketones (excluding diaryl/α,β-unsaturated/α-hetero) is 1. The van der Waals surface area contributed by atoms with Crippen molar-refractivity contribution < 1.29 is 28.6 Å². The molecule has 33 heavy (non-hydrogen) atoms. The summed E-state index contributed by atoms with van der Waals surface area (Å²) in [6.45, 7) is 4.73. The number of aliphatic hydroxyl groups excluding tert-OH is 1. The van der Waals surface area contributed by atoms with Crippen LogP contribution >= 0.6 is 0 Å². The Balaban J connectivity index is 1.85. The largest absolute Gasteiger partial charge is 0.507 e. The molecule has 1 atom stereocenters. The normalized spacial score (nSPS) is 17.4. The van der Waals surface area contributed by atoms with Gasteiger partial charge in [0, 0.05) is 11.1 Å². The van der Waals surface area contributed by atoms with Crippen molar-refractivity contribution in [2.24, 2.45) is 0 Å². The van der Waals surface area contributed by atoms with E-state index in [1.807, 2.05) is 26.0 Å². The van der Waals surface area contributed by atoms with E-state index in [9.17, 15) is 14.7 Å². The minimum Gasteiger partial charge on any atom is -0.507 e. The Hall–Kier alpha value is -4.00. The lowest BCUT2D eigenvalue weighted by Gasteiger charge is -2.26. The summed E-state index contributed by atoms with van der Waals surface area (Å²) < 4.78 is 16.7. The van der Waals surface area contributed by atoms with Crippen molar-refractivity contribution in [3.63, 3.8) is 0 Å². The fraction of sp³-hybridized carbons (Fsp3) is 0.231. The van der Waals surface area contributed by atoms with Gasteiger partial charge in [0.15, 0.2) is 0 Å². The van der Waals surface area contributed by atoms with Crippen LogP contribution in [0.1, 0.15) is 36.8 Å². The Kier molecular flexibility index (Phi) is 6.49. The Bertz CT molecular complexity index is 1160. The molecule has 0 aliphatic carbocycles. The molecule has 1 aromatic heterocycles. The SMILES string of the molecule is CCOc1ccc(/C(O)=C2\C(=O)C(=O)N(Cc3ccco3)C2c2ccccc2OCC)cc1. The Morgan fingerprint density at radius 3 is 2.36 bits per heavy atom. The molecule has 2 aromatic carbocycles. The van der Waals surface area contributed by atoms with Gasteiger partial charge in [0.1, 0.15) is 23.0 Å². The van der Waals surface area contributed by atoms with Gasteiger partial charge in [-0.1, -0.05) is 18.2 Å². The second-order valence-electron chi connectivity index (χ2n) is 7.43. The lowest BCUT2D eigenvalue weighted by molar-refractivity contribution is -0.140. The first-order valence-electron chi connectivity index (χ1n) is 10.8. The number of ether oxygens (including phenoxy) is 2. The molecule has 0 bridgehead atoms. The second kappa shape index (κ2) is 9.65. The number of likely N-dealkylation sites (tertiary alicyclic amines) is 1. The van der Waals surface area contributed by atoms with Gasteiger partial charge in [-0.25, -0.2) is 0 Å². The predicted octanol–water partition coefficient (Wildman–Crippen LogP) is 4.70. The topological polar surface area (TPSA) is 89.2 Å². The maximum atomic E-state index is 13.2. The summed E-state index contributed by atoms with van der Waals surface area (Å²) in [7, 11) is 0. The van der Waals surface area contributed by atoms with Gasteiger partial charge in [-0.3, -0.25) is 9.59 Å². The molecule has 1 fully saturated rings. The van der Waals surface area contributed by atoms with E-state index in [-0.39, 0.29) is 17.9 Å². The molecule has 1 saturated heterocycles. The van der Waals surface area contributed by atoms with Crippen molar-refractivity contribution in [1.82, 2.24) is 4.90 Å². The number of furan rings is 1. The van der Waals surface area contributed by atoms with Crippen molar-refractivity contribution in [2.75, 3.05) is 13.2 Å². The third kappa shape index (κ3) is 4.35. The van der Waals surface area contributed by atoms with E-state index in [4.69, 9.17) is 13.9 Å². The first-order valence-corrected chi connectivity index (χ1v) is 10.8. The van der Waals surface area contributed by atoms with Crippen LogP contribution in [-0.4, -0.2) is 34.9 Å². The van der Waals surface area contributed by atoms with Crippen LogP contribution in [0.3, 0.4) is 0 Å². The predicted molar refractivity (Wildman–Crippen MR) is 122 cm³/mol. The quantitative estimate of drug-likeness (QED) is 0.306. The van der Waals surface area contributed by atoms with Crippen LogP contribution in [0.25, 0.3) is 5.76 Å². The molecule has 3 aromatic rings. The Morgan fingerprint density at radius 1 is 0.970 bits per heavy atom. The van der Waals surface area contributed by atoms with E-state index in [1.165, 1.54) is 11.2 Å². The Labute approximate surface area is 191 Å². The lowest BCUT2D eigenvalue weighted by atomic mass is 9.94. The summed E-state index contributed by atoms with van der Waals surface area (Å²) >= 11 is 0. The molecule has 0 saturated carbocycles. The number of para-hydroxylation sites is 1. The number of hydrogen-bond donors (Lipinski definition) is 1. The molecule has 1 unspecified atom stereocenters. The highest BCUT2D eigenvalue weighted by Gasteiger charge is 2.47. The second-order valence-corrected chi connectivity index (χ2v) is 7.43. The molecular weight excluding hydrogens is 422 g/mol. The highest BCUT2D eigenvalue weighted by molar-refractivity contribution is 6.46. The standard InChI is InChI=1S/C26H25NO6/c1-3-31-18-13-11-17(12-14-18)24(28)22-23(20-9-5-6-10-21(20)32-4-2)27(26(30)25(22)29)16-19-8-7-15-33-19/h5-15,23,28H,3-4,16H2,1-2H3/b24-22+. The summed E-state index contributed by atoms with van der Waals surface area (Å²) in [5.74, 6) is -0.0228. The average molecular weight is 447 g/mol. The summed E-state index contributed by atoms with van der Waals surface area (Å²) in [5.41, 5.74) is 1.02. The number of ketones is 1. The number of carbonyl (C=O) groups is 2. The van der Waals surface area contributed by atoms with Gasteiger partial charge in [-0.05, 0) is 56.3 Å². The number of amides is 1. The van der Waals surface area contributed by atoms with Gasteiger partial charge in [0.25, 0.3) is 11.7 Å². The third-order valence-corrected chi connectivity index (χ3v) is 5.40. The van der Waals surface area contributed by atoms with Crippen LogP contribution in [-0.2, 0) is 16.1 Å². The molecule has 170 valence electrons. The molecule has 2 heterocycles. The molecular formula is C26H25NO6. The van der Waals surface area contributed by atoms with Crippen molar-refractivity contribution in [3.05, 3.63) is 89.4 Å². The number of rotatable bonds is 8. The van der Waals surface area contributed by atoms with Crippen molar-refractivity contribution in [2.45, 2.75) is 26.4 Å². The van der Waals surface area contributed by atoms with Crippen LogP contribution in [0.2, 0.25) is 0 Å². The maximum absolute atomic E-state index is 13.2. The molecule has 0 radical (unpaired) electrons. The van der Waals surface area contributed by atoms with Gasteiger partial charge >= 0.3 is 0 Å². The average Bonchev–Trinajstić information content (AvgIpc) is 3.42. The van der Waals surface area contributed by atoms with E-state index in [0.29, 0.717) is 41.6 Å². The molecule has 4 rings (SSSR count). The number of nitrogens with zero attached hydrogens (tertiary/aromatic N) is 1. The van der Waals surface area contributed by atoms with Crippen molar-refractivity contribution >= 4 is 17.4 Å². The fourth-order valence-corrected chi connectivity index (χ4v) is 3.96. The minimum absolute atomic E-state index is 0.00266. The highest BCUT2D eigenvalue weighted by atomic mass is 16.5. The number of aliphatic hydroxyl groups is 1. The minimum atomic E-state index is -0.843. The van der Waals surface area contributed by atoms with E-state index in [0.717, 1.165) is 0 Å². The van der Waals surface area contributed by atoms with Gasteiger partial charge in [-0.2, -0.15) is 0 Å². The zero-order valence-corrected chi connectivity index (χ0v) is 18.5. The molecule has 1 aliphatic heterocycles. The zero-order chi connectivity index (χ0) is 23.4. The van der Waals surface area contributed by atoms with Gasteiger partial charge < -0.3 is 23.9 Å². The van der Waals surface area contributed by atoms with Crippen LogP contribution in [0.4, 0.5) is 0 Å². The highest BCUT2D eigenvalue weighted by Crippen LogP contribution is 2.43. The lowest BCUT2D eigenvalue weighted by Crippen LogP contribution is -2.29. The van der Waals surface area contributed by atoms with E-state index >= 15 is 0 Å². The van der Waals surface area contributed by atoms with Crippen LogP contribution in [0.5, 0.6) is 11.5 Å². The number of hydrogen-bond acceptors (Lipinski definition) is 6. The fourth-order valence-electron chi connectivity index (χ4n) is 3.96. The summed E-state index contributed by atoms with van der Waals surface area (Å²) in [6.07, 6.45) is 1.51. The van der Waals surface area contributed by atoms with Crippen LogP contribution in [0.15, 0.2) is 76.9 Å². The first kappa shape index (κ1) is 22.2. The Morgan fingerprint density at radius 2 is 1.70 bits per heavy atom. The summed E-state index contributed by atoms with van der Waals surface area (Å²) in [4.78, 5) is 27.7. The molecule has 1 amide bonds. The first-order chi connectivity index (χ1) is 16.0. The van der Waals surface area contributed by atoms with Gasteiger partial charge in [0.05, 0.1) is 37.6 Å². The molecule has 1 aliphatic rings. The summed E-state index contributed by atoms with van der Waals surface area (Å²) in [5, 5.41) is 11.2. The van der Waals surface area contributed by atoms with Gasteiger partial charge in [0.2, 0.25) is 0 Å². The monoisotopic (exact) mass is 447 g/mol. The smallest absolute Gasteiger partial charge is 0.296 e. The molecule has 7 nitrogen and oxygen atoms in total. The van der Waals surface area contributed by atoms with Crippen molar-refractivity contribution in [3.8, 4) is 11.5 Å². The number of carbonyl (C=O) groups excluding carboxylic acids is 2. The molecule has 7 heteroatoms. The van der Waals surface area contributed by atoms with E-state index in [2.05, 4.69) is 0 Å². The summed E-state index contributed by atoms with van der Waals surface area (Å²) in [6, 6.07) is 16.5. The van der Waals surface area contributed by atoms with Crippen molar-refractivity contribution in [1.29, 1.82) is 0 Å². The zero-order valence-electron chi connectivity index (χ0n) is 18.5. The molecule has 0 spiro atoms. The van der Waals surface area contributed by atoms with Crippen LogP contribution < -0.4 is 9.47 Å². The number of benzene rings is 2. The molecule has 1 N–H and O–H groups in total. The van der Waals surface area contributed by atoms with E-state index in [1.54, 1.807) is 48.5 Å². The van der Waals surface area contributed by atoms with Gasteiger partial charge in [-0.15, -0.1) is 0 Å². The maximum Gasteiger partial charge on any atom is 0.296 e. The van der Waals surface area contributed by atoms with E-state index < -0.39 is 17.7 Å².